The number of aromatic nitrogens is 5. The van der Waals surface area contributed by atoms with E-state index in [1.54, 1.807) is 5.38 Å². The van der Waals surface area contributed by atoms with Crippen molar-refractivity contribution in [1.29, 1.82) is 0 Å². The van der Waals surface area contributed by atoms with Crippen molar-refractivity contribution in [3.8, 4) is 0 Å². The van der Waals surface area contributed by atoms with E-state index < -0.39 is 11.5 Å². The number of aliphatic carboxylic acids is 1. The number of nitrogens with zero attached hydrogens (tertiary/aromatic N) is 5. The lowest BCUT2D eigenvalue weighted by Gasteiger charge is -2.36. The number of carbonyl (C=O) groups is 1. The Hall–Kier alpha value is -4.90. The van der Waals surface area contributed by atoms with E-state index in [2.05, 4.69) is 72.5 Å². The molecule has 0 saturated heterocycles. The van der Waals surface area contributed by atoms with E-state index >= 15 is 0 Å². The first-order valence-electron chi connectivity index (χ1n) is 11.2. The topological polar surface area (TPSA) is 138 Å². The number of H-pyrrole nitrogens is 1. The highest BCUT2D eigenvalue weighted by Crippen LogP contribution is 2.40. The molecular formula is C26H21N7O3S. The molecule has 0 saturated carbocycles. The molecule has 0 unspecified atom stereocenters. The number of carboxylic acid groups (broad SMARTS) is 1. The van der Waals surface area contributed by atoms with Gasteiger partial charge in [-0.05, 0) is 16.7 Å². The minimum Gasteiger partial charge on any atom is -0.476 e. The van der Waals surface area contributed by atoms with Gasteiger partial charge in [0.25, 0.3) is 0 Å². The zero-order valence-electron chi connectivity index (χ0n) is 19.4. The first-order valence-corrected chi connectivity index (χ1v) is 12.1. The fraction of sp³-hybridized carbons (Fsp3) is 0.0769. The van der Waals surface area contributed by atoms with Crippen LogP contribution in [-0.4, -0.2) is 42.4 Å². The van der Waals surface area contributed by atoms with Gasteiger partial charge in [0, 0.05) is 5.38 Å². The zero-order valence-corrected chi connectivity index (χ0v) is 20.2. The normalized spacial score (nSPS) is 11.7. The van der Waals surface area contributed by atoms with Crippen LogP contribution in [0.1, 0.15) is 28.2 Å². The van der Waals surface area contributed by atoms with Gasteiger partial charge in [-0.15, -0.1) is 21.5 Å². The lowest BCUT2D eigenvalue weighted by molar-refractivity contribution is -0.129. The Kier molecular flexibility index (Phi) is 6.95. The zero-order chi connectivity index (χ0) is 25.5. The lowest BCUT2D eigenvalue weighted by atomic mass is 9.77. The summed E-state index contributed by atoms with van der Waals surface area (Å²) in [6, 6.07) is 30.1. The van der Waals surface area contributed by atoms with Crippen LogP contribution >= 0.6 is 11.3 Å². The number of hydrogen-bond acceptors (Lipinski definition) is 9. The quantitative estimate of drug-likeness (QED) is 0.145. The Morgan fingerprint density at radius 1 is 0.946 bits per heavy atom. The summed E-state index contributed by atoms with van der Waals surface area (Å²) in [5, 5.41) is 32.5. The second kappa shape index (κ2) is 10.8. The largest absolute Gasteiger partial charge is 0.476 e. The molecule has 2 heterocycles. The maximum atomic E-state index is 11.9. The van der Waals surface area contributed by atoms with Crippen LogP contribution in [0.25, 0.3) is 0 Å². The number of aromatic amines is 1. The van der Waals surface area contributed by atoms with Gasteiger partial charge in [-0.2, -0.15) is 5.21 Å². The van der Waals surface area contributed by atoms with Crippen molar-refractivity contribution in [2.75, 3.05) is 5.32 Å². The van der Waals surface area contributed by atoms with Crippen LogP contribution < -0.4 is 5.32 Å². The van der Waals surface area contributed by atoms with E-state index in [1.807, 2.05) is 54.6 Å². The predicted molar refractivity (Wildman–Crippen MR) is 138 cm³/mol. The molecule has 0 bridgehead atoms. The van der Waals surface area contributed by atoms with E-state index in [4.69, 9.17) is 4.84 Å². The number of anilines is 1. The van der Waals surface area contributed by atoms with Crippen LogP contribution in [-0.2, 0) is 21.8 Å². The molecule has 0 atom stereocenters. The Morgan fingerprint density at radius 2 is 1.51 bits per heavy atom. The van der Waals surface area contributed by atoms with Gasteiger partial charge < -0.3 is 15.3 Å². The second-order valence-electron chi connectivity index (χ2n) is 7.86. The molecule has 0 fully saturated rings. The van der Waals surface area contributed by atoms with Gasteiger partial charge in [0.1, 0.15) is 11.2 Å². The average molecular weight is 512 g/mol. The molecule has 0 aliphatic carbocycles. The summed E-state index contributed by atoms with van der Waals surface area (Å²) in [6.45, 7) is -0.137. The minimum atomic E-state index is -1.27. The Bertz CT molecular complexity index is 1380. The van der Waals surface area contributed by atoms with Gasteiger partial charge in [0.2, 0.25) is 11.5 Å². The fourth-order valence-corrected chi connectivity index (χ4v) is 4.73. The van der Waals surface area contributed by atoms with Crippen molar-refractivity contribution < 1.29 is 14.7 Å². The minimum absolute atomic E-state index is 0.137. The molecule has 0 radical (unpaired) electrons. The maximum absolute atomic E-state index is 11.9. The Morgan fingerprint density at radius 3 is 2.00 bits per heavy atom. The van der Waals surface area contributed by atoms with Crippen LogP contribution in [0.15, 0.2) is 102 Å². The molecule has 184 valence electrons. The molecule has 5 rings (SSSR count). The Balaban J connectivity index is 1.55. The summed E-state index contributed by atoms with van der Waals surface area (Å²) in [7, 11) is 0. The van der Waals surface area contributed by atoms with E-state index in [0.717, 1.165) is 16.7 Å². The molecule has 2 aromatic heterocycles. The van der Waals surface area contributed by atoms with Gasteiger partial charge in [-0.3, -0.25) is 0 Å². The highest BCUT2D eigenvalue weighted by Gasteiger charge is 2.37. The smallest absolute Gasteiger partial charge is 0.360 e. The molecule has 37 heavy (non-hydrogen) atoms. The van der Waals surface area contributed by atoms with Crippen LogP contribution in [0.4, 0.5) is 5.13 Å². The van der Waals surface area contributed by atoms with Crippen LogP contribution in [0.2, 0.25) is 0 Å². The molecule has 0 amide bonds. The standard InChI is InChI=1S/C26H21N7O3S/c34-24(35)23(31-36-16-22-29-32-33-30-22)21-17-37-25(27-21)28-26(18-10-4-1-5-11-18,19-12-6-2-7-13-19)20-14-8-3-9-15-20/h1-15,17H,16H2,(H,27,28)(H,34,35)(H,29,30,32,33)/b31-23+. The number of nitrogens with one attached hydrogen (secondary N) is 2. The lowest BCUT2D eigenvalue weighted by Crippen LogP contribution is -2.38. The summed E-state index contributed by atoms with van der Waals surface area (Å²) in [6.07, 6.45) is 0. The molecule has 3 N–H and O–H groups in total. The van der Waals surface area contributed by atoms with E-state index in [-0.39, 0.29) is 23.8 Å². The number of rotatable bonds is 10. The molecule has 0 aliphatic rings. The Labute approximate surface area is 215 Å². The van der Waals surface area contributed by atoms with Crippen molar-refractivity contribution in [1.82, 2.24) is 25.6 Å². The third-order valence-electron chi connectivity index (χ3n) is 5.60. The van der Waals surface area contributed by atoms with Crippen molar-refractivity contribution in [3.63, 3.8) is 0 Å². The molecule has 3 aromatic carbocycles. The fourth-order valence-electron chi connectivity index (χ4n) is 3.97. The molecule has 10 nitrogen and oxygen atoms in total. The predicted octanol–water partition coefficient (Wildman–Crippen LogP) is 4.07. The SMILES string of the molecule is O=C(O)/C(=N/OCc1nn[nH]n1)c1csc(NC(c2ccccc2)(c2ccccc2)c2ccccc2)n1. The van der Waals surface area contributed by atoms with Gasteiger partial charge in [-0.25, -0.2) is 9.78 Å². The summed E-state index contributed by atoms with van der Waals surface area (Å²) in [4.78, 5) is 21.7. The first kappa shape index (κ1) is 23.8. The second-order valence-corrected chi connectivity index (χ2v) is 8.72. The molecule has 5 aromatic rings. The van der Waals surface area contributed by atoms with Crippen molar-refractivity contribution in [2.45, 2.75) is 12.1 Å². The summed E-state index contributed by atoms with van der Waals surface area (Å²) in [5.74, 6) is -1.03. The van der Waals surface area contributed by atoms with Gasteiger partial charge in [-0.1, -0.05) is 101 Å². The van der Waals surface area contributed by atoms with Crippen LogP contribution in [0.5, 0.6) is 0 Å². The highest BCUT2D eigenvalue weighted by atomic mass is 32.1. The maximum Gasteiger partial charge on any atom is 0.360 e. The van der Waals surface area contributed by atoms with Gasteiger partial charge in [0.05, 0.1) is 0 Å². The summed E-state index contributed by atoms with van der Waals surface area (Å²) < 4.78 is 0. The number of hydrogen-bond donors (Lipinski definition) is 3. The summed E-state index contributed by atoms with van der Waals surface area (Å²) in [5.41, 5.74) is 2.03. The van der Waals surface area contributed by atoms with E-state index in [0.29, 0.717) is 5.13 Å². The number of carboxylic acids is 1. The third-order valence-corrected chi connectivity index (χ3v) is 6.36. The number of benzene rings is 3. The van der Waals surface area contributed by atoms with Gasteiger partial charge >= 0.3 is 5.97 Å². The van der Waals surface area contributed by atoms with Crippen molar-refractivity contribution in [3.05, 3.63) is 125 Å². The van der Waals surface area contributed by atoms with E-state index in [1.165, 1.54) is 11.3 Å². The first-order chi connectivity index (χ1) is 18.2. The number of tetrazole rings is 1. The average Bonchev–Trinajstić information content (AvgIpc) is 3.63. The molecule has 0 aliphatic heterocycles. The molecule has 11 heteroatoms. The third kappa shape index (κ3) is 5.07. The summed E-state index contributed by atoms with van der Waals surface area (Å²) >= 11 is 1.28. The van der Waals surface area contributed by atoms with Crippen LogP contribution in [0.3, 0.4) is 0 Å². The van der Waals surface area contributed by atoms with E-state index in [9.17, 15) is 9.90 Å². The van der Waals surface area contributed by atoms with Crippen molar-refractivity contribution in [2.24, 2.45) is 5.16 Å². The van der Waals surface area contributed by atoms with Crippen molar-refractivity contribution >= 4 is 28.1 Å². The number of thiazole rings is 1. The van der Waals surface area contributed by atoms with Crippen LogP contribution in [0, 0.1) is 0 Å². The molecular weight excluding hydrogens is 490 g/mol. The molecule has 0 spiro atoms. The highest BCUT2D eigenvalue weighted by molar-refractivity contribution is 7.14. The number of oxime groups is 1. The van der Waals surface area contributed by atoms with Gasteiger partial charge in [0.15, 0.2) is 11.7 Å². The monoisotopic (exact) mass is 511 g/mol.